The zero-order valence-electron chi connectivity index (χ0n) is 17.1. The van der Waals surface area contributed by atoms with Gasteiger partial charge in [0, 0.05) is 17.2 Å². The lowest BCUT2D eigenvalue weighted by Crippen LogP contribution is -2.43. The van der Waals surface area contributed by atoms with Crippen LogP contribution in [0.2, 0.25) is 0 Å². The van der Waals surface area contributed by atoms with Gasteiger partial charge in [-0.25, -0.2) is 4.98 Å². The van der Waals surface area contributed by atoms with Crippen molar-refractivity contribution in [2.24, 2.45) is 0 Å². The number of nitrogens with one attached hydrogen (secondary N) is 1. The van der Waals surface area contributed by atoms with Gasteiger partial charge in [0.2, 0.25) is 11.9 Å². The molecule has 2 unspecified atom stereocenters. The molecule has 1 aromatic carbocycles. The van der Waals surface area contributed by atoms with Crippen LogP contribution in [0.1, 0.15) is 42.6 Å². The van der Waals surface area contributed by atoms with Gasteiger partial charge in [-0.2, -0.15) is 4.39 Å². The van der Waals surface area contributed by atoms with E-state index >= 15 is 0 Å². The summed E-state index contributed by atoms with van der Waals surface area (Å²) in [5.41, 5.74) is 2.64. The van der Waals surface area contributed by atoms with Crippen LogP contribution in [0.15, 0.2) is 53.2 Å². The number of rotatable bonds is 6. The summed E-state index contributed by atoms with van der Waals surface area (Å²) >= 11 is 0. The fourth-order valence-corrected chi connectivity index (χ4v) is 3.95. The Morgan fingerprint density at radius 3 is 2.87 bits per heavy atom. The van der Waals surface area contributed by atoms with Gasteiger partial charge in [-0.1, -0.05) is 36.3 Å². The number of likely N-dealkylation sites (N-methyl/N-ethyl adjacent to an activating group) is 1. The number of halogens is 1. The molecule has 4 rings (SSSR count). The third-order valence-electron chi connectivity index (χ3n) is 5.68. The minimum atomic E-state index is -0.574. The van der Waals surface area contributed by atoms with Gasteiger partial charge in [0.25, 0.3) is 0 Å². The summed E-state index contributed by atoms with van der Waals surface area (Å²) in [5, 5.41) is 6.86. The first-order valence-electron chi connectivity index (χ1n) is 10.2. The van der Waals surface area contributed by atoms with Crippen LogP contribution in [-0.4, -0.2) is 40.6 Å². The van der Waals surface area contributed by atoms with Gasteiger partial charge in [-0.3, -0.25) is 9.69 Å². The maximum Gasteiger partial charge on any atom is 0.238 e. The third kappa shape index (κ3) is 4.11. The van der Waals surface area contributed by atoms with E-state index in [1.807, 2.05) is 43.1 Å². The first-order chi connectivity index (χ1) is 14.6. The number of amides is 1. The molecule has 2 atom stereocenters. The van der Waals surface area contributed by atoms with Crippen LogP contribution >= 0.6 is 0 Å². The van der Waals surface area contributed by atoms with Crippen molar-refractivity contribution in [3.05, 3.63) is 71.4 Å². The fourth-order valence-electron chi connectivity index (χ4n) is 3.95. The number of hydrogen-bond donors (Lipinski definition) is 1. The van der Waals surface area contributed by atoms with Gasteiger partial charge in [0.1, 0.15) is 0 Å². The van der Waals surface area contributed by atoms with E-state index in [2.05, 4.69) is 15.5 Å². The number of aryl methyl sites for hydroxylation is 1. The summed E-state index contributed by atoms with van der Waals surface area (Å²) in [7, 11) is 1.95. The maximum absolute atomic E-state index is 14.5. The summed E-state index contributed by atoms with van der Waals surface area (Å²) in [6, 6.07) is 12.1. The molecule has 3 heterocycles. The van der Waals surface area contributed by atoms with Crippen molar-refractivity contribution in [1.29, 1.82) is 0 Å². The van der Waals surface area contributed by atoms with Crippen LogP contribution < -0.4 is 5.32 Å². The number of carbonyl (C=O) groups excluding carboxylic acids is 1. The number of likely N-dealkylation sites (tertiary alicyclic amines) is 1. The Labute approximate surface area is 175 Å². The molecule has 1 N–H and O–H groups in total. The number of carbonyl (C=O) groups is 1. The largest absolute Gasteiger partial charge is 0.356 e. The van der Waals surface area contributed by atoms with Crippen molar-refractivity contribution < 1.29 is 13.7 Å². The second-order valence-electron chi connectivity index (χ2n) is 7.62. The molecular weight excluding hydrogens is 383 g/mol. The molecule has 1 amide bonds. The van der Waals surface area contributed by atoms with Crippen LogP contribution in [0.3, 0.4) is 0 Å². The van der Waals surface area contributed by atoms with Crippen molar-refractivity contribution >= 4 is 5.91 Å². The second kappa shape index (κ2) is 8.75. The summed E-state index contributed by atoms with van der Waals surface area (Å²) in [6.45, 7) is 2.78. The Hall–Kier alpha value is -3.06. The first kappa shape index (κ1) is 20.2. The van der Waals surface area contributed by atoms with Crippen molar-refractivity contribution in [3.63, 3.8) is 0 Å². The summed E-state index contributed by atoms with van der Waals surface area (Å²) in [4.78, 5) is 19.3. The van der Waals surface area contributed by atoms with E-state index in [9.17, 15) is 9.18 Å². The molecule has 1 aliphatic heterocycles. The highest BCUT2D eigenvalue weighted by Gasteiger charge is 2.30. The molecule has 7 heteroatoms. The van der Waals surface area contributed by atoms with Gasteiger partial charge in [0.05, 0.1) is 24.0 Å². The Balaban J connectivity index is 1.71. The van der Waals surface area contributed by atoms with Gasteiger partial charge in [-0.15, -0.1) is 0 Å². The zero-order chi connectivity index (χ0) is 21.1. The van der Waals surface area contributed by atoms with Crippen LogP contribution in [0.4, 0.5) is 4.39 Å². The number of benzene rings is 1. The van der Waals surface area contributed by atoms with E-state index in [1.165, 1.54) is 0 Å². The van der Waals surface area contributed by atoms with E-state index in [0.29, 0.717) is 23.4 Å². The number of aromatic nitrogens is 2. The van der Waals surface area contributed by atoms with E-state index in [-0.39, 0.29) is 11.9 Å². The molecule has 6 nitrogen and oxygen atoms in total. The molecular formula is C23H25FN4O2. The maximum atomic E-state index is 14.5. The van der Waals surface area contributed by atoms with E-state index in [0.717, 1.165) is 30.5 Å². The summed E-state index contributed by atoms with van der Waals surface area (Å²) in [6.07, 6.45) is 3.93. The average Bonchev–Trinajstić information content (AvgIpc) is 3.44. The molecule has 0 aliphatic carbocycles. The van der Waals surface area contributed by atoms with Gasteiger partial charge >= 0.3 is 0 Å². The number of hydrogen-bond acceptors (Lipinski definition) is 5. The molecule has 1 saturated heterocycles. The normalized spacial score (nSPS) is 17.8. The van der Waals surface area contributed by atoms with Gasteiger partial charge < -0.3 is 9.84 Å². The summed E-state index contributed by atoms with van der Waals surface area (Å²) in [5.74, 6) is 0.0448. The quantitative estimate of drug-likeness (QED) is 0.629. The Morgan fingerprint density at radius 2 is 2.20 bits per heavy atom. The smallest absolute Gasteiger partial charge is 0.238 e. The Kier molecular flexibility index (Phi) is 5.90. The lowest BCUT2D eigenvalue weighted by atomic mass is 9.98. The molecule has 1 fully saturated rings. The van der Waals surface area contributed by atoms with E-state index < -0.39 is 12.0 Å². The summed E-state index contributed by atoms with van der Waals surface area (Å²) < 4.78 is 19.7. The fraction of sp³-hybridized carbons (Fsp3) is 0.348. The minimum Gasteiger partial charge on any atom is -0.356 e. The lowest BCUT2D eigenvalue weighted by Gasteiger charge is -2.24. The molecule has 3 aromatic rings. The van der Waals surface area contributed by atoms with Crippen LogP contribution in [0.5, 0.6) is 0 Å². The Morgan fingerprint density at radius 1 is 1.33 bits per heavy atom. The predicted molar refractivity (Wildman–Crippen MR) is 111 cm³/mol. The Bertz CT molecular complexity index is 1020. The number of pyridine rings is 1. The molecule has 0 saturated carbocycles. The van der Waals surface area contributed by atoms with Crippen molar-refractivity contribution in [3.8, 4) is 11.3 Å². The molecule has 0 spiro atoms. The SMILES string of the molecule is CCc1ccc(C(NC(=O)C2CCCN2C)c2cccc(-c3ccno3)c2)nc1F. The third-order valence-corrected chi connectivity index (χ3v) is 5.68. The van der Waals surface area contributed by atoms with Crippen molar-refractivity contribution in [2.75, 3.05) is 13.6 Å². The van der Waals surface area contributed by atoms with E-state index in [1.54, 1.807) is 24.4 Å². The molecule has 1 aliphatic rings. The molecule has 0 bridgehead atoms. The van der Waals surface area contributed by atoms with Crippen LogP contribution in [0.25, 0.3) is 11.3 Å². The first-order valence-corrected chi connectivity index (χ1v) is 10.2. The zero-order valence-corrected chi connectivity index (χ0v) is 17.1. The molecule has 156 valence electrons. The predicted octanol–water partition coefficient (Wildman–Crippen LogP) is 3.74. The topological polar surface area (TPSA) is 71.3 Å². The molecule has 2 aromatic heterocycles. The monoisotopic (exact) mass is 408 g/mol. The highest BCUT2D eigenvalue weighted by Crippen LogP contribution is 2.28. The number of nitrogens with zero attached hydrogens (tertiary/aromatic N) is 3. The standard InChI is InChI=1S/C23H25FN4O2/c1-3-15-9-10-18(26-22(15)24)21(27-23(29)19-8-5-13-28(19)2)17-7-4-6-16(14-17)20-11-12-25-30-20/h4,6-7,9-12,14,19,21H,3,5,8,13H2,1-2H3,(H,27,29). The lowest BCUT2D eigenvalue weighted by molar-refractivity contribution is -0.125. The van der Waals surface area contributed by atoms with Crippen LogP contribution in [-0.2, 0) is 11.2 Å². The average molecular weight is 408 g/mol. The van der Waals surface area contributed by atoms with Crippen LogP contribution in [0, 0.1) is 5.95 Å². The molecule has 30 heavy (non-hydrogen) atoms. The van der Waals surface area contributed by atoms with Crippen molar-refractivity contribution in [2.45, 2.75) is 38.3 Å². The molecule has 0 radical (unpaired) electrons. The second-order valence-corrected chi connectivity index (χ2v) is 7.62. The highest BCUT2D eigenvalue weighted by molar-refractivity contribution is 5.83. The highest BCUT2D eigenvalue weighted by atomic mass is 19.1. The van der Waals surface area contributed by atoms with Gasteiger partial charge in [-0.05, 0) is 50.6 Å². The van der Waals surface area contributed by atoms with E-state index in [4.69, 9.17) is 4.52 Å². The van der Waals surface area contributed by atoms with Crippen molar-refractivity contribution in [1.82, 2.24) is 20.4 Å². The van der Waals surface area contributed by atoms with Gasteiger partial charge in [0.15, 0.2) is 5.76 Å². The minimum absolute atomic E-state index is 0.0770.